The van der Waals surface area contributed by atoms with E-state index in [1.807, 2.05) is 44.2 Å². The van der Waals surface area contributed by atoms with Gasteiger partial charge < -0.3 is 10.1 Å². The number of alkyl halides is 3. The van der Waals surface area contributed by atoms with Gasteiger partial charge in [0.15, 0.2) is 0 Å². The van der Waals surface area contributed by atoms with Gasteiger partial charge in [-0.2, -0.15) is 23.2 Å². The third-order valence-corrected chi connectivity index (χ3v) is 6.27. The molecule has 1 heterocycles. The van der Waals surface area contributed by atoms with Crippen LogP contribution in [0.5, 0.6) is 0 Å². The molecule has 0 bridgehead atoms. The maximum Gasteiger partial charge on any atom is 0.402 e. The lowest BCUT2D eigenvalue weighted by atomic mass is 9.91. The minimum atomic E-state index is -4.64. The summed E-state index contributed by atoms with van der Waals surface area (Å²) in [6.07, 6.45) is -2.16. The normalized spacial score (nSPS) is 14.5. The highest BCUT2D eigenvalue weighted by Crippen LogP contribution is 2.37. The third-order valence-electron chi connectivity index (χ3n) is 6.27. The predicted octanol–water partition coefficient (Wildman–Crippen LogP) is 6.05. The summed E-state index contributed by atoms with van der Waals surface area (Å²) in [5, 5.41) is 2.40. The molecule has 0 fully saturated rings. The average Bonchev–Trinajstić information content (AvgIpc) is 3.02. The van der Waals surface area contributed by atoms with Gasteiger partial charge in [0.05, 0.1) is 18.5 Å². The molecule has 0 aromatic heterocycles. The summed E-state index contributed by atoms with van der Waals surface area (Å²) < 4.78 is 44.9. The third kappa shape index (κ3) is 5.81. The number of amidine groups is 1. The van der Waals surface area contributed by atoms with Crippen molar-refractivity contribution < 1.29 is 22.7 Å². The Labute approximate surface area is 203 Å². The van der Waals surface area contributed by atoms with Gasteiger partial charge in [0, 0.05) is 18.5 Å². The summed E-state index contributed by atoms with van der Waals surface area (Å²) >= 11 is 0. The fraction of sp³-hybridized carbons (Fsp3) is 0.370. The zero-order chi connectivity index (χ0) is 26.0. The van der Waals surface area contributed by atoms with Gasteiger partial charge in [-0.15, -0.1) is 0 Å². The fourth-order valence-electron chi connectivity index (χ4n) is 3.48. The van der Waals surface area contributed by atoms with Crippen molar-refractivity contribution in [3.63, 3.8) is 0 Å². The second kappa shape index (κ2) is 10.1. The van der Waals surface area contributed by atoms with Crippen molar-refractivity contribution in [2.24, 2.45) is 15.4 Å². The van der Waals surface area contributed by atoms with Gasteiger partial charge in [0.2, 0.25) is 5.91 Å². The molecule has 1 aliphatic rings. The van der Waals surface area contributed by atoms with E-state index in [9.17, 15) is 18.0 Å². The number of aliphatic imine (C=N–C) groups is 2. The number of ether oxygens (including phenoxy) is 1. The number of amides is 1. The lowest BCUT2D eigenvalue weighted by Gasteiger charge is -2.26. The summed E-state index contributed by atoms with van der Waals surface area (Å²) in [6.45, 7) is 7.72. The van der Waals surface area contributed by atoms with Crippen molar-refractivity contribution in [1.82, 2.24) is 5.32 Å². The molecule has 0 aliphatic carbocycles. The molecule has 2 aromatic rings. The van der Waals surface area contributed by atoms with Crippen LogP contribution in [-0.4, -0.2) is 30.9 Å². The zero-order valence-corrected chi connectivity index (χ0v) is 20.8. The Morgan fingerprint density at radius 3 is 2.31 bits per heavy atom. The lowest BCUT2D eigenvalue weighted by Crippen LogP contribution is -2.46. The smallest absolute Gasteiger partial charge is 0.402 e. The van der Waals surface area contributed by atoms with Gasteiger partial charge in [-0.3, -0.25) is 4.79 Å². The first-order valence-electron chi connectivity index (χ1n) is 11.3. The summed E-state index contributed by atoms with van der Waals surface area (Å²) in [7, 11) is 1.50. The Morgan fingerprint density at radius 2 is 1.69 bits per heavy atom. The molecule has 0 radical (unpaired) electrons. The number of carbonyl (C=O) groups is 1. The van der Waals surface area contributed by atoms with E-state index in [1.165, 1.54) is 12.7 Å². The van der Waals surface area contributed by atoms with Crippen LogP contribution in [0.3, 0.4) is 0 Å². The summed E-state index contributed by atoms with van der Waals surface area (Å²) in [5.74, 6) is -1.08. The van der Waals surface area contributed by atoms with Crippen LogP contribution in [0.2, 0.25) is 0 Å². The van der Waals surface area contributed by atoms with Crippen LogP contribution in [-0.2, 0) is 16.1 Å². The number of nitrogens with one attached hydrogen (secondary N) is 1. The van der Waals surface area contributed by atoms with Crippen molar-refractivity contribution in [1.29, 1.82) is 0 Å². The SMILES string of the molecule is COC1=NC(c2cc(CNC(=O)C(C)(C)C(F)(F)F)ccc2C)=CCC(c2ccc(C)c(C)c2)=N1. The van der Waals surface area contributed by atoms with E-state index in [2.05, 4.69) is 28.3 Å². The number of hydrogen-bond donors (Lipinski definition) is 1. The van der Waals surface area contributed by atoms with Crippen LogP contribution < -0.4 is 5.32 Å². The monoisotopic (exact) mass is 485 g/mol. The van der Waals surface area contributed by atoms with Crippen LogP contribution >= 0.6 is 0 Å². The van der Waals surface area contributed by atoms with Crippen LogP contribution in [0, 0.1) is 26.2 Å². The van der Waals surface area contributed by atoms with Crippen LogP contribution in [0.25, 0.3) is 5.70 Å². The molecule has 0 unspecified atom stereocenters. The molecule has 186 valence electrons. The summed E-state index contributed by atoms with van der Waals surface area (Å²) in [6, 6.07) is 11.8. The van der Waals surface area contributed by atoms with Crippen molar-refractivity contribution in [3.05, 3.63) is 75.9 Å². The molecule has 3 rings (SSSR count). The largest absolute Gasteiger partial charge is 0.467 e. The van der Waals surface area contributed by atoms with E-state index in [0.717, 1.165) is 41.8 Å². The predicted molar refractivity (Wildman–Crippen MR) is 132 cm³/mol. The van der Waals surface area contributed by atoms with Crippen molar-refractivity contribution in [2.75, 3.05) is 7.11 Å². The standard InChI is InChI=1S/C27H30F3N3O2/c1-16-8-10-20(13-18(16)3)22-11-12-23(33-25(32-22)35-6)21-14-19(9-7-17(21)2)15-31-24(34)26(4,5)27(28,29)30/h7-10,12-14H,11,15H2,1-6H3,(H,31,34). The second-order valence-corrected chi connectivity index (χ2v) is 9.20. The quantitative estimate of drug-likeness (QED) is 0.560. The highest BCUT2D eigenvalue weighted by Gasteiger charge is 2.52. The van der Waals surface area contributed by atoms with E-state index in [-0.39, 0.29) is 12.6 Å². The minimum Gasteiger partial charge on any atom is -0.467 e. The maximum atomic E-state index is 13.2. The number of benzene rings is 2. The Morgan fingerprint density at radius 1 is 1.00 bits per heavy atom. The molecule has 0 atom stereocenters. The number of nitrogens with zero attached hydrogens (tertiary/aromatic N) is 2. The van der Waals surface area contributed by atoms with Crippen LogP contribution in [0.15, 0.2) is 52.5 Å². The van der Waals surface area contributed by atoms with Gasteiger partial charge in [-0.25, -0.2) is 0 Å². The van der Waals surface area contributed by atoms with E-state index in [0.29, 0.717) is 17.7 Å². The van der Waals surface area contributed by atoms with Gasteiger partial charge in [0.25, 0.3) is 0 Å². The molecule has 2 aromatic carbocycles. The molecule has 1 N–H and O–H groups in total. The van der Waals surface area contributed by atoms with Gasteiger partial charge in [0.1, 0.15) is 5.41 Å². The first-order valence-corrected chi connectivity index (χ1v) is 11.3. The first kappa shape index (κ1) is 26.2. The topological polar surface area (TPSA) is 63.0 Å². The molecular weight excluding hydrogens is 455 g/mol. The molecule has 0 saturated heterocycles. The molecule has 8 heteroatoms. The summed E-state index contributed by atoms with van der Waals surface area (Å²) in [5.41, 5.74) is 4.69. The highest BCUT2D eigenvalue weighted by molar-refractivity contribution is 6.09. The Balaban J connectivity index is 1.87. The molecular formula is C27H30F3N3O2. The van der Waals surface area contributed by atoms with Gasteiger partial charge >= 0.3 is 12.2 Å². The van der Waals surface area contributed by atoms with E-state index < -0.39 is 17.5 Å². The number of hydrogen-bond acceptors (Lipinski definition) is 4. The fourth-order valence-corrected chi connectivity index (χ4v) is 3.48. The molecule has 0 spiro atoms. The average molecular weight is 486 g/mol. The molecule has 1 amide bonds. The second-order valence-electron chi connectivity index (χ2n) is 9.20. The number of allylic oxidation sites excluding steroid dienone is 1. The van der Waals surface area contributed by atoms with Gasteiger partial charge in [-0.1, -0.05) is 30.3 Å². The maximum absolute atomic E-state index is 13.2. The molecule has 35 heavy (non-hydrogen) atoms. The molecule has 5 nitrogen and oxygen atoms in total. The highest BCUT2D eigenvalue weighted by atomic mass is 19.4. The number of carbonyl (C=O) groups excluding carboxylic acids is 1. The Bertz CT molecular complexity index is 1220. The van der Waals surface area contributed by atoms with Crippen molar-refractivity contribution in [2.45, 2.75) is 53.8 Å². The number of methoxy groups -OCH3 is 1. The van der Waals surface area contributed by atoms with E-state index in [4.69, 9.17) is 4.74 Å². The van der Waals surface area contributed by atoms with Crippen molar-refractivity contribution in [3.8, 4) is 0 Å². The lowest BCUT2D eigenvalue weighted by molar-refractivity contribution is -0.211. The van der Waals surface area contributed by atoms with E-state index >= 15 is 0 Å². The Kier molecular flexibility index (Phi) is 7.53. The number of halogens is 3. The van der Waals surface area contributed by atoms with Gasteiger partial charge in [-0.05, 0) is 74.6 Å². The molecule has 1 aliphatic heterocycles. The van der Waals surface area contributed by atoms with Crippen LogP contribution in [0.4, 0.5) is 13.2 Å². The minimum absolute atomic E-state index is 0.0376. The zero-order valence-electron chi connectivity index (χ0n) is 20.8. The van der Waals surface area contributed by atoms with Crippen LogP contribution in [0.1, 0.15) is 53.6 Å². The van der Waals surface area contributed by atoms with E-state index in [1.54, 1.807) is 6.07 Å². The number of aryl methyl sites for hydroxylation is 3. The molecule has 0 saturated carbocycles. The summed E-state index contributed by atoms with van der Waals surface area (Å²) in [4.78, 5) is 21.4. The number of rotatable bonds is 5. The van der Waals surface area contributed by atoms with Crippen molar-refractivity contribution >= 4 is 23.3 Å². The Hall–Kier alpha value is -3.42. The first-order chi connectivity index (χ1) is 16.3.